The highest BCUT2D eigenvalue weighted by molar-refractivity contribution is 5.97. The number of aryl methyl sites for hydroxylation is 1. The summed E-state index contributed by atoms with van der Waals surface area (Å²) in [5.74, 6) is 0.309. The Kier molecular flexibility index (Phi) is 3.45. The Bertz CT molecular complexity index is 819. The van der Waals surface area contributed by atoms with E-state index in [-0.39, 0.29) is 22.9 Å². The smallest absolute Gasteiger partial charge is 0.257 e. The van der Waals surface area contributed by atoms with E-state index in [9.17, 15) is 9.59 Å². The van der Waals surface area contributed by atoms with Gasteiger partial charge < -0.3 is 14.8 Å². The number of carbonyl (C=O) groups is 1. The fourth-order valence-electron chi connectivity index (χ4n) is 3.98. The molecular formula is C18H21N3O2. The number of fused-ring (bicyclic) bond motifs is 4. The lowest BCUT2D eigenvalue weighted by molar-refractivity contribution is 0.0619. The standard InChI is InChI=1S/C18H21N3O2/c1-20-10-14(17(22)13-4-2-3-5-16(13)20)18(23)19-15-11-21-8-6-12(15)7-9-21/h2-5,10,12,15H,6-9,11H2,1H3,(H,19,23). The fraction of sp³-hybridized carbons (Fsp3) is 0.444. The van der Waals surface area contributed by atoms with Crippen LogP contribution in [-0.4, -0.2) is 41.1 Å². The first-order valence-electron chi connectivity index (χ1n) is 8.25. The molecule has 120 valence electrons. The summed E-state index contributed by atoms with van der Waals surface area (Å²) >= 11 is 0. The minimum Gasteiger partial charge on any atom is -0.350 e. The van der Waals surface area contributed by atoms with E-state index < -0.39 is 0 Å². The van der Waals surface area contributed by atoms with Crippen molar-refractivity contribution in [3.63, 3.8) is 0 Å². The number of rotatable bonds is 2. The maximum atomic E-state index is 12.7. The Morgan fingerprint density at radius 3 is 2.65 bits per heavy atom. The zero-order valence-corrected chi connectivity index (χ0v) is 13.3. The molecule has 0 saturated carbocycles. The Morgan fingerprint density at radius 1 is 1.22 bits per heavy atom. The minimum atomic E-state index is -0.241. The highest BCUT2D eigenvalue weighted by Crippen LogP contribution is 2.27. The van der Waals surface area contributed by atoms with E-state index in [0.29, 0.717) is 11.3 Å². The van der Waals surface area contributed by atoms with E-state index in [2.05, 4.69) is 10.2 Å². The number of aromatic nitrogens is 1. The van der Waals surface area contributed by atoms with Crippen molar-refractivity contribution in [2.45, 2.75) is 18.9 Å². The Balaban J connectivity index is 1.65. The van der Waals surface area contributed by atoms with Crippen LogP contribution in [0.15, 0.2) is 35.3 Å². The number of nitrogens with zero attached hydrogens (tertiary/aromatic N) is 2. The first-order valence-corrected chi connectivity index (χ1v) is 8.25. The van der Waals surface area contributed by atoms with E-state index in [4.69, 9.17) is 0 Å². The van der Waals surface area contributed by atoms with Crippen LogP contribution in [0, 0.1) is 5.92 Å². The molecule has 1 amide bonds. The summed E-state index contributed by atoms with van der Waals surface area (Å²) < 4.78 is 1.85. The van der Waals surface area contributed by atoms with Crippen molar-refractivity contribution >= 4 is 16.8 Å². The molecule has 2 aromatic rings. The van der Waals surface area contributed by atoms with E-state index in [0.717, 1.165) is 38.0 Å². The maximum Gasteiger partial charge on any atom is 0.257 e. The summed E-state index contributed by atoms with van der Waals surface area (Å²) in [6, 6.07) is 7.57. The monoisotopic (exact) mass is 311 g/mol. The molecule has 4 heterocycles. The van der Waals surface area contributed by atoms with Gasteiger partial charge in [-0.3, -0.25) is 9.59 Å². The second-order valence-corrected chi connectivity index (χ2v) is 6.72. The molecule has 0 radical (unpaired) electrons. The number of benzene rings is 1. The lowest BCUT2D eigenvalue weighted by atomic mass is 9.84. The molecule has 2 bridgehead atoms. The topological polar surface area (TPSA) is 54.3 Å². The van der Waals surface area contributed by atoms with E-state index in [1.165, 1.54) is 0 Å². The molecule has 1 aromatic heterocycles. The highest BCUT2D eigenvalue weighted by atomic mass is 16.2. The van der Waals surface area contributed by atoms with Crippen LogP contribution in [0.4, 0.5) is 0 Å². The molecule has 0 spiro atoms. The second kappa shape index (κ2) is 5.49. The normalized spacial score (nSPS) is 26.4. The van der Waals surface area contributed by atoms with Crippen molar-refractivity contribution in [2.75, 3.05) is 19.6 Å². The van der Waals surface area contributed by atoms with Crippen LogP contribution < -0.4 is 10.7 Å². The maximum absolute atomic E-state index is 12.7. The summed E-state index contributed by atoms with van der Waals surface area (Å²) in [7, 11) is 1.87. The summed E-state index contributed by atoms with van der Waals surface area (Å²) in [5, 5.41) is 3.70. The largest absolute Gasteiger partial charge is 0.350 e. The summed E-state index contributed by atoms with van der Waals surface area (Å²) in [4.78, 5) is 27.7. The van der Waals surface area contributed by atoms with Gasteiger partial charge in [0.2, 0.25) is 5.43 Å². The average Bonchev–Trinajstić information content (AvgIpc) is 2.59. The van der Waals surface area contributed by atoms with Gasteiger partial charge in [0.05, 0.1) is 5.52 Å². The SMILES string of the molecule is Cn1cc(C(=O)NC2CN3CCC2CC3)c(=O)c2ccccc21. The number of amides is 1. The van der Waals surface area contributed by atoms with Gasteiger partial charge in [0, 0.05) is 31.2 Å². The highest BCUT2D eigenvalue weighted by Gasteiger charge is 2.35. The third-order valence-corrected chi connectivity index (χ3v) is 5.31. The third-order valence-electron chi connectivity index (χ3n) is 5.31. The molecule has 0 aliphatic carbocycles. The van der Waals surface area contributed by atoms with Gasteiger partial charge in [-0.05, 0) is 44.0 Å². The van der Waals surface area contributed by atoms with Crippen molar-refractivity contribution in [1.29, 1.82) is 0 Å². The van der Waals surface area contributed by atoms with Crippen LogP contribution in [0.1, 0.15) is 23.2 Å². The van der Waals surface area contributed by atoms with E-state index in [1.54, 1.807) is 12.3 Å². The van der Waals surface area contributed by atoms with Crippen LogP contribution in [-0.2, 0) is 7.05 Å². The van der Waals surface area contributed by atoms with E-state index in [1.807, 2.05) is 29.8 Å². The molecule has 1 aromatic carbocycles. The summed E-state index contributed by atoms with van der Waals surface area (Å²) in [5.41, 5.74) is 0.900. The summed E-state index contributed by atoms with van der Waals surface area (Å²) in [6.07, 6.45) is 3.93. The minimum absolute atomic E-state index is 0.168. The number of carbonyl (C=O) groups excluding carboxylic acids is 1. The molecule has 1 unspecified atom stereocenters. The van der Waals surface area contributed by atoms with Crippen LogP contribution in [0.25, 0.3) is 10.9 Å². The number of hydrogen-bond donors (Lipinski definition) is 1. The van der Waals surface area contributed by atoms with Crippen molar-refractivity contribution < 1.29 is 4.79 Å². The van der Waals surface area contributed by atoms with E-state index >= 15 is 0 Å². The van der Waals surface area contributed by atoms with Gasteiger partial charge in [0.15, 0.2) is 0 Å². The number of nitrogens with one attached hydrogen (secondary N) is 1. The first kappa shape index (κ1) is 14.5. The van der Waals surface area contributed by atoms with Crippen molar-refractivity contribution in [3.05, 3.63) is 46.2 Å². The molecule has 5 nitrogen and oxygen atoms in total. The molecule has 1 atom stereocenters. The van der Waals surface area contributed by atoms with Crippen molar-refractivity contribution in [2.24, 2.45) is 13.0 Å². The molecule has 3 saturated heterocycles. The third kappa shape index (κ3) is 2.45. The lowest BCUT2D eigenvalue weighted by Crippen LogP contribution is -2.57. The van der Waals surface area contributed by atoms with Gasteiger partial charge in [-0.2, -0.15) is 0 Å². The first-order chi connectivity index (χ1) is 11.1. The molecule has 3 aliphatic heterocycles. The fourth-order valence-corrected chi connectivity index (χ4v) is 3.98. The number of hydrogen-bond acceptors (Lipinski definition) is 3. The average molecular weight is 311 g/mol. The zero-order chi connectivity index (χ0) is 16.0. The predicted octanol–water partition coefficient (Wildman–Crippen LogP) is 1.36. The molecule has 1 N–H and O–H groups in total. The summed E-state index contributed by atoms with van der Waals surface area (Å²) in [6.45, 7) is 3.17. The Morgan fingerprint density at radius 2 is 1.96 bits per heavy atom. The van der Waals surface area contributed by atoms with Crippen LogP contribution >= 0.6 is 0 Å². The molecule has 5 heteroatoms. The zero-order valence-electron chi connectivity index (χ0n) is 13.3. The van der Waals surface area contributed by atoms with Gasteiger partial charge >= 0.3 is 0 Å². The van der Waals surface area contributed by atoms with Gasteiger partial charge in [-0.15, -0.1) is 0 Å². The van der Waals surface area contributed by atoms with Gasteiger partial charge in [-0.1, -0.05) is 12.1 Å². The van der Waals surface area contributed by atoms with Gasteiger partial charge in [-0.25, -0.2) is 0 Å². The number of piperidine rings is 3. The Hall–Kier alpha value is -2.14. The molecule has 23 heavy (non-hydrogen) atoms. The number of para-hydroxylation sites is 1. The second-order valence-electron chi connectivity index (χ2n) is 6.72. The van der Waals surface area contributed by atoms with Crippen LogP contribution in [0.3, 0.4) is 0 Å². The molecule has 3 aliphatic rings. The van der Waals surface area contributed by atoms with Crippen molar-refractivity contribution in [1.82, 2.24) is 14.8 Å². The van der Waals surface area contributed by atoms with Crippen LogP contribution in [0.5, 0.6) is 0 Å². The quantitative estimate of drug-likeness (QED) is 0.911. The van der Waals surface area contributed by atoms with Gasteiger partial charge in [0.25, 0.3) is 5.91 Å². The predicted molar refractivity (Wildman–Crippen MR) is 89.6 cm³/mol. The number of pyridine rings is 1. The molecule has 5 rings (SSSR count). The van der Waals surface area contributed by atoms with Crippen molar-refractivity contribution in [3.8, 4) is 0 Å². The molecular weight excluding hydrogens is 290 g/mol. The lowest BCUT2D eigenvalue weighted by Gasteiger charge is -2.44. The van der Waals surface area contributed by atoms with Crippen LogP contribution in [0.2, 0.25) is 0 Å². The van der Waals surface area contributed by atoms with Gasteiger partial charge in [0.1, 0.15) is 5.56 Å². The Labute approximate surface area is 134 Å². The molecule has 3 fully saturated rings.